The van der Waals surface area contributed by atoms with Crippen LogP contribution in [0.25, 0.3) is 0 Å². The fourth-order valence-corrected chi connectivity index (χ4v) is 4.36. The molecule has 0 aliphatic heterocycles. The average Bonchev–Trinajstić information content (AvgIpc) is 2.68. The molecule has 116 valence electrons. The van der Waals surface area contributed by atoms with Crippen LogP contribution in [0.2, 0.25) is 0 Å². The Morgan fingerprint density at radius 2 is 1.21 bits per heavy atom. The van der Waals surface area contributed by atoms with Crippen LogP contribution in [-0.4, -0.2) is 42.2 Å². The van der Waals surface area contributed by atoms with Gasteiger partial charge in [-0.15, -0.1) is 0 Å². The molecule has 0 aromatic heterocycles. The Morgan fingerprint density at radius 3 is 1.67 bits per heavy atom. The molecule has 0 aliphatic rings. The van der Waals surface area contributed by atoms with E-state index in [-0.39, 0.29) is 2.66 Å². The van der Waals surface area contributed by atoms with E-state index in [4.69, 9.17) is 9.47 Å². The van der Waals surface area contributed by atoms with Gasteiger partial charge < -0.3 is 0 Å². The summed E-state index contributed by atoms with van der Waals surface area (Å²) in [5.41, 5.74) is 3.69. The normalized spacial score (nSPS) is 11.2. The molecule has 0 atom stereocenters. The molecule has 0 spiro atoms. The Hall–Kier alpha value is -1.74. The molecule has 0 N–H and O–H groups in total. The van der Waals surface area contributed by atoms with Crippen molar-refractivity contribution in [2.24, 2.45) is 0 Å². The molecular weight excluding hydrogens is 307 g/mol. The van der Waals surface area contributed by atoms with E-state index in [2.05, 4.69) is 66.7 Å². The van der Waals surface area contributed by atoms with Gasteiger partial charge in [0.25, 0.3) is 0 Å². The SMILES string of the molecule is COc1cccc([C]([Na])(c2ccccc2)c2ccccc2)c1OC. The second-order valence-electron chi connectivity index (χ2n) is 5.90. The van der Waals surface area contributed by atoms with Crippen molar-refractivity contribution in [1.29, 1.82) is 0 Å². The summed E-state index contributed by atoms with van der Waals surface area (Å²) in [4.78, 5) is 0. The molecule has 0 fully saturated rings. The summed E-state index contributed by atoms with van der Waals surface area (Å²) in [6.07, 6.45) is 0. The van der Waals surface area contributed by atoms with Gasteiger partial charge in [0, 0.05) is 0 Å². The van der Waals surface area contributed by atoms with Gasteiger partial charge in [0.15, 0.2) is 0 Å². The Balaban J connectivity index is 2.32. The molecule has 3 aromatic carbocycles. The van der Waals surface area contributed by atoms with E-state index >= 15 is 0 Å². The molecule has 2 nitrogen and oxygen atoms in total. The summed E-state index contributed by atoms with van der Waals surface area (Å²) in [5, 5.41) is 0. The number of benzene rings is 3. The van der Waals surface area contributed by atoms with Crippen LogP contribution in [0.5, 0.6) is 11.5 Å². The summed E-state index contributed by atoms with van der Waals surface area (Å²) in [5.74, 6) is 1.57. The molecule has 0 saturated carbocycles. The minimum absolute atomic E-state index is 0.206. The van der Waals surface area contributed by atoms with Crippen LogP contribution in [0, 0.1) is 0 Å². The second kappa shape index (κ2) is 7.43. The van der Waals surface area contributed by atoms with Crippen LogP contribution in [0.4, 0.5) is 0 Å². The summed E-state index contributed by atoms with van der Waals surface area (Å²) < 4.78 is 11.1. The molecule has 0 aliphatic carbocycles. The standard InChI is InChI=1S/C21H19O2.Na/c1-22-19-15-9-14-18(21(19)23-2)20(16-10-5-3-6-11-16)17-12-7-4-8-13-17;/h3-15H,1-2H3;. The molecule has 0 saturated heterocycles. The first kappa shape index (κ1) is 17.1. The van der Waals surface area contributed by atoms with Crippen LogP contribution in [0.1, 0.15) is 16.7 Å². The van der Waals surface area contributed by atoms with Crippen LogP contribution in [0.15, 0.2) is 78.9 Å². The molecule has 0 bridgehead atoms. The molecule has 3 rings (SSSR count). The van der Waals surface area contributed by atoms with Crippen molar-refractivity contribution in [2.75, 3.05) is 14.2 Å². The van der Waals surface area contributed by atoms with Crippen molar-refractivity contribution in [1.82, 2.24) is 0 Å². The molecule has 0 unspecified atom stereocenters. The first-order valence-corrected chi connectivity index (χ1v) is 9.04. The first-order valence-electron chi connectivity index (χ1n) is 8.04. The maximum atomic E-state index is 5.75. The predicted octanol–water partition coefficient (Wildman–Crippen LogP) is 4.16. The molecule has 0 radical (unpaired) electrons. The van der Waals surface area contributed by atoms with Gasteiger partial charge in [-0.3, -0.25) is 0 Å². The maximum absolute atomic E-state index is 5.75. The predicted molar refractivity (Wildman–Crippen MR) is 98.1 cm³/mol. The molecule has 0 amide bonds. The number of para-hydroxylation sites is 1. The van der Waals surface area contributed by atoms with Crippen LogP contribution >= 0.6 is 0 Å². The molecule has 3 heteroatoms. The van der Waals surface area contributed by atoms with Crippen molar-refractivity contribution in [3.05, 3.63) is 95.6 Å². The first-order chi connectivity index (χ1) is 11.7. The Kier molecular flexibility index (Phi) is 5.30. The van der Waals surface area contributed by atoms with Crippen molar-refractivity contribution in [2.45, 2.75) is 2.66 Å². The third-order valence-electron chi connectivity index (χ3n) is 4.64. The fraction of sp³-hybridized carbons (Fsp3) is 0.143. The monoisotopic (exact) mass is 326 g/mol. The number of hydrogen-bond acceptors (Lipinski definition) is 2. The minimum atomic E-state index is -0.206. The third-order valence-corrected chi connectivity index (χ3v) is 6.34. The van der Waals surface area contributed by atoms with E-state index in [0.717, 1.165) is 45.0 Å². The van der Waals surface area contributed by atoms with Gasteiger partial charge >= 0.3 is 161 Å². The molecular formula is C21H19NaO2. The van der Waals surface area contributed by atoms with Gasteiger partial charge in [0.2, 0.25) is 0 Å². The van der Waals surface area contributed by atoms with Crippen LogP contribution in [0.3, 0.4) is 0 Å². The van der Waals surface area contributed by atoms with Crippen molar-refractivity contribution in [3.8, 4) is 11.5 Å². The van der Waals surface area contributed by atoms with Gasteiger partial charge in [0.05, 0.1) is 0 Å². The van der Waals surface area contributed by atoms with E-state index in [1.54, 1.807) is 14.2 Å². The molecule has 24 heavy (non-hydrogen) atoms. The van der Waals surface area contributed by atoms with Gasteiger partial charge in [-0.1, -0.05) is 0 Å². The van der Waals surface area contributed by atoms with E-state index in [9.17, 15) is 0 Å². The van der Waals surface area contributed by atoms with Gasteiger partial charge in [0.1, 0.15) is 0 Å². The Morgan fingerprint density at radius 1 is 0.667 bits per heavy atom. The van der Waals surface area contributed by atoms with E-state index in [1.165, 1.54) is 11.1 Å². The van der Waals surface area contributed by atoms with Crippen LogP contribution in [-0.2, 0) is 2.66 Å². The second-order valence-corrected chi connectivity index (χ2v) is 7.40. The zero-order valence-corrected chi connectivity index (χ0v) is 16.3. The van der Waals surface area contributed by atoms with Crippen LogP contribution < -0.4 is 9.47 Å². The Bertz CT molecular complexity index is 761. The van der Waals surface area contributed by atoms with E-state index in [1.807, 2.05) is 12.1 Å². The van der Waals surface area contributed by atoms with E-state index < -0.39 is 0 Å². The number of hydrogen-bond donors (Lipinski definition) is 0. The Labute approximate surface area is 160 Å². The molecule has 3 aromatic rings. The van der Waals surface area contributed by atoms with Gasteiger partial charge in [-0.05, 0) is 0 Å². The fourth-order valence-electron chi connectivity index (χ4n) is 3.30. The zero-order chi connectivity index (χ0) is 17.0. The number of methoxy groups -OCH3 is 2. The number of ether oxygens (including phenoxy) is 2. The number of rotatable bonds is 5. The van der Waals surface area contributed by atoms with E-state index in [0.29, 0.717) is 0 Å². The average molecular weight is 326 g/mol. The van der Waals surface area contributed by atoms with Crippen molar-refractivity contribution >= 4 is 27.9 Å². The summed E-state index contributed by atoms with van der Waals surface area (Å²) in [7, 11) is 3.39. The van der Waals surface area contributed by atoms with Gasteiger partial charge in [-0.2, -0.15) is 0 Å². The topological polar surface area (TPSA) is 18.5 Å². The molecule has 0 heterocycles. The third kappa shape index (κ3) is 2.98. The van der Waals surface area contributed by atoms with Crippen molar-refractivity contribution in [3.63, 3.8) is 0 Å². The zero-order valence-electron chi connectivity index (χ0n) is 14.3. The summed E-state index contributed by atoms with van der Waals surface area (Å²) >= 11 is 0.899. The van der Waals surface area contributed by atoms with Crippen molar-refractivity contribution < 1.29 is 9.47 Å². The summed E-state index contributed by atoms with van der Waals surface area (Å²) in [6, 6.07) is 27.4. The summed E-state index contributed by atoms with van der Waals surface area (Å²) in [6.45, 7) is 0. The van der Waals surface area contributed by atoms with Gasteiger partial charge in [-0.25, -0.2) is 0 Å². The quantitative estimate of drug-likeness (QED) is 0.518.